The highest BCUT2D eigenvalue weighted by Crippen LogP contribution is 2.45. The van der Waals surface area contributed by atoms with Crippen molar-refractivity contribution < 1.29 is 80.2 Å². The van der Waals surface area contributed by atoms with Crippen molar-refractivity contribution in [3.63, 3.8) is 0 Å². The van der Waals surface area contributed by atoms with Gasteiger partial charge in [0.25, 0.3) is 0 Å². The van der Waals surface area contributed by atoms with Gasteiger partial charge in [0.1, 0.15) is 19.3 Å². The van der Waals surface area contributed by atoms with E-state index in [4.69, 9.17) is 37.0 Å². The fourth-order valence-electron chi connectivity index (χ4n) is 10.7. The molecule has 0 aromatic carbocycles. The lowest BCUT2D eigenvalue weighted by Crippen LogP contribution is -2.30. The second-order valence-corrected chi connectivity index (χ2v) is 29.7. The minimum atomic E-state index is -4.95. The van der Waals surface area contributed by atoms with Crippen LogP contribution in [0.15, 0.2) is 0 Å². The fourth-order valence-corrected chi connectivity index (χ4v) is 12.3. The predicted molar refractivity (Wildman–Crippen MR) is 363 cm³/mol. The number of carbonyl (C=O) groups is 4. The average Bonchev–Trinajstić information content (AvgIpc) is 2.22. The van der Waals surface area contributed by atoms with Crippen LogP contribution < -0.4 is 0 Å². The Balaban J connectivity index is 5.25. The van der Waals surface area contributed by atoms with E-state index >= 15 is 0 Å². The van der Waals surface area contributed by atoms with Crippen molar-refractivity contribution >= 4 is 39.5 Å². The highest BCUT2D eigenvalue weighted by atomic mass is 31.2. The molecule has 0 bridgehead atoms. The number of esters is 4. The summed E-state index contributed by atoms with van der Waals surface area (Å²) in [7, 11) is -9.90. The van der Waals surface area contributed by atoms with Gasteiger partial charge in [-0.3, -0.25) is 37.3 Å². The SMILES string of the molecule is CCCCCCCCCCCCCCCCCCC(=O)O[C@H](COC(=O)CCCCCCCCCCCCC(C)C)COP(=O)(O)OC[C@@H](O)COP(=O)(O)OC[C@@H](COC(=O)CCCCCCCCC(C)C)OC(=O)CCCCCCCCCCC(C)CC. The zero-order valence-electron chi connectivity index (χ0n) is 58.6. The normalized spacial score (nSPS) is 14.5. The minimum Gasteiger partial charge on any atom is -0.462 e. The van der Waals surface area contributed by atoms with Crippen LogP contribution in [-0.4, -0.2) is 96.7 Å². The molecule has 0 fully saturated rings. The van der Waals surface area contributed by atoms with Crippen LogP contribution in [0.5, 0.6) is 0 Å². The molecule has 0 aromatic heterocycles. The molecule has 0 spiro atoms. The topological polar surface area (TPSA) is 237 Å². The number of aliphatic hydroxyl groups is 1. The maximum atomic E-state index is 13.0. The lowest BCUT2D eigenvalue weighted by molar-refractivity contribution is -0.161. The van der Waals surface area contributed by atoms with E-state index in [0.717, 1.165) is 108 Å². The van der Waals surface area contributed by atoms with Gasteiger partial charge < -0.3 is 33.8 Å². The zero-order chi connectivity index (χ0) is 66.6. The van der Waals surface area contributed by atoms with Crippen LogP contribution in [0.25, 0.3) is 0 Å². The number of ether oxygens (including phenoxy) is 4. The molecule has 0 saturated carbocycles. The van der Waals surface area contributed by atoms with Crippen molar-refractivity contribution in [2.75, 3.05) is 39.6 Å². The van der Waals surface area contributed by atoms with E-state index in [1.165, 1.54) is 161 Å². The van der Waals surface area contributed by atoms with Gasteiger partial charge in [-0.2, -0.15) is 0 Å². The van der Waals surface area contributed by atoms with Gasteiger partial charge in [0.15, 0.2) is 12.2 Å². The van der Waals surface area contributed by atoms with Gasteiger partial charge >= 0.3 is 39.5 Å². The van der Waals surface area contributed by atoms with Crippen LogP contribution in [0.2, 0.25) is 0 Å². The third-order valence-electron chi connectivity index (χ3n) is 16.7. The third kappa shape index (κ3) is 63.5. The molecular formula is C71H138O17P2. The predicted octanol–water partition coefficient (Wildman–Crippen LogP) is 20.2. The highest BCUT2D eigenvalue weighted by molar-refractivity contribution is 7.47. The Morgan fingerprint density at radius 2 is 0.567 bits per heavy atom. The van der Waals surface area contributed by atoms with Crippen molar-refractivity contribution in [3.05, 3.63) is 0 Å². The van der Waals surface area contributed by atoms with Crippen LogP contribution in [-0.2, 0) is 65.4 Å². The summed E-state index contributed by atoms with van der Waals surface area (Å²) >= 11 is 0. The number of phosphoric ester groups is 2. The first-order chi connectivity index (χ1) is 43.3. The van der Waals surface area contributed by atoms with E-state index in [9.17, 15) is 43.2 Å². The molecule has 17 nitrogen and oxygen atoms in total. The monoisotopic (exact) mass is 1320 g/mol. The molecule has 0 aliphatic rings. The number of hydrogen-bond donors (Lipinski definition) is 3. The molecule has 3 N–H and O–H groups in total. The molecule has 3 unspecified atom stereocenters. The molecule has 90 heavy (non-hydrogen) atoms. The standard InChI is InChI=1S/C71H138O17P2/c1-8-10-11-12-13-14-15-16-17-18-19-20-25-31-40-47-54-70(75)87-66(58-81-68(73)52-45-38-30-24-22-21-23-28-35-42-49-62(3)4)60-85-89(77,78)83-56-65(72)57-84-90(79,80)86-61-67(59-82-69(74)53-46-39-34-33-36-43-50-63(5)6)88-71(76)55-48-41-32-27-26-29-37-44-51-64(7)9-2/h62-67,72H,8-61H2,1-7H3,(H,77,78)(H,79,80)/t64?,65-,66-,67-/m1/s1. The first-order valence-corrected chi connectivity index (χ1v) is 39.9. The van der Waals surface area contributed by atoms with Crippen LogP contribution in [0.3, 0.4) is 0 Å². The number of phosphoric acid groups is 2. The van der Waals surface area contributed by atoms with Gasteiger partial charge in [0.05, 0.1) is 26.4 Å². The Morgan fingerprint density at radius 1 is 0.322 bits per heavy atom. The molecule has 0 aromatic rings. The molecule has 0 aliphatic heterocycles. The lowest BCUT2D eigenvalue weighted by Gasteiger charge is -2.21. The maximum Gasteiger partial charge on any atom is 0.472 e. The number of hydrogen-bond acceptors (Lipinski definition) is 15. The van der Waals surface area contributed by atoms with Gasteiger partial charge in [0, 0.05) is 25.7 Å². The van der Waals surface area contributed by atoms with Crippen molar-refractivity contribution in [1.82, 2.24) is 0 Å². The molecular weight excluding hydrogens is 1190 g/mol. The Bertz CT molecular complexity index is 1770. The molecule has 0 radical (unpaired) electrons. The quantitative estimate of drug-likeness (QED) is 0.0222. The summed E-state index contributed by atoms with van der Waals surface area (Å²) in [6, 6.07) is 0. The highest BCUT2D eigenvalue weighted by Gasteiger charge is 2.30. The van der Waals surface area contributed by atoms with E-state index < -0.39 is 97.5 Å². The van der Waals surface area contributed by atoms with Crippen molar-refractivity contribution in [1.29, 1.82) is 0 Å². The summed E-state index contributed by atoms with van der Waals surface area (Å²) in [5.41, 5.74) is 0. The first-order valence-electron chi connectivity index (χ1n) is 36.9. The summed E-state index contributed by atoms with van der Waals surface area (Å²) in [6.07, 6.45) is 45.9. The first kappa shape index (κ1) is 88.1. The summed E-state index contributed by atoms with van der Waals surface area (Å²) in [4.78, 5) is 72.6. The van der Waals surface area contributed by atoms with Crippen molar-refractivity contribution in [2.24, 2.45) is 17.8 Å². The molecule has 0 rings (SSSR count). The summed E-state index contributed by atoms with van der Waals surface area (Å²) in [6.45, 7) is 11.8. The van der Waals surface area contributed by atoms with E-state index in [1.54, 1.807) is 0 Å². The molecule has 534 valence electrons. The maximum absolute atomic E-state index is 13.0. The Labute approximate surface area is 549 Å². The van der Waals surface area contributed by atoms with E-state index in [1.807, 2.05) is 0 Å². The molecule has 0 saturated heterocycles. The molecule has 19 heteroatoms. The average molecular weight is 1330 g/mol. The number of unbranched alkanes of at least 4 members (excludes halogenated alkanes) is 36. The largest absolute Gasteiger partial charge is 0.472 e. The van der Waals surface area contributed by atoms with E-state index in [0.29, 0.717) is 31.6 Å². The molecule has 0 amide bonds. The van der Waals surface area contributed by atoms with Crippen molar-refractivity contribution in [2.45, 2.75) is 375 Å². The van der Waals surface area contributed by atoms with Gasteiger partial charge in [-0.25, -0.2) is 9.13 Å². The molecule has 0 heterocycles. The Morgan fingerprint density at radius 3 is 0.844 bits per heavy atom. The summed E-state index contributed by atoms with van der Waals surface area (Å²) in [5.74, 6) is 0.0802. The third-order valence-corrected chi connectivity index (χ3v) is 18.6. The fraction of sp³-hybridized carbons (Fsp3) is 0.944. The van der Waals surface area contributed by atoms with Crippen LogP contribution in [0, 0.1) is 17.8 Å². The van der Waals surface area contributed by atoms with Crippen LogP contribution in [0.4, 0.5) is 0 Å². The summed E-state index contributed by atoms with van der Waals surface area (Å²) < 4.78 is 68.3. The van der Waals surface area contributed by atoms with Crippen LogP contribution in [0.1, 0.15) is 357 Å². The van der Waals surface area contributed by atoms with E-state index in [-0.39, 0.29) is 25.7 Å². The smallest absolute Gasteiger partial charge is 0.462 e. The molecule has 0 aliphatic carbocycles. The van der Waals surface area contributed by atoms with E-state index in [2.05, 4.69) is 48.5 Å². The second-order valence-electron chi connectivity index (χ2n) is 26.8. The van der Waals surface area contributed by atoms with Gasteiger partial charge in [-0.05, 0) is 43.4 Å². The van der Waals surface area contributed by atoms with Gasteiger partial charge in [0.2, 0.25) is 0 Å². The number of rotatable bonds is 69. The second kappa shape index (κ2) is 61.9. The van der Waals surface area contributed by atoms with Crippen LogP contribution >= 0.6 is 15.6 Å². The van der Waals surface area contributed by atoms with Crippen molar-refractivity contribution in [3.8, 4) is 0 Å². The summed E-state index contributed by atoms with van der Waals surface area (Å²) in [5, 5.41) is 10.6. The van der Waals surface area contributed by atoms with Gasteiger partial charge in [-0.1, -0.05) is 305 Å². The van der Waals surface area contributed by atoms with Gasteiger partial charge in [-0.15, -0.1) is 0 Å². The molecule has 6 atom stereocenters. The Kier molecular flexibility index (Phi) is 60.6. The minimum absolute atomic E-state index is 0.104. The lowest BCUT2D eigenvalue weighted by atomic mass is 9.99. The number of aliphatic hydroxyl groups excluding tert-OH is 1. The Hall–Kier alpha value is -1.94. The number of carbonyl (C=O) groups excluding carboxylic acids is 4. The zero-order valence-corrected chi connectivity index (χ0v) is 60.4.